The molecule has 7 heteroatoms. The summed E-state index contributed by atoms with van der Waals surface area (Å²) in [5.74, 6) is -0.242. The van der Waals surface area contributed by atoms with E-state index < -0.39 is 0 Å². The topological polar surface area (TPSA) is 35.6 Å². The number of halogens is 3. The summed E-state index contributed by atoms with van der Waals surface area (Å²) in [5.41, 5.74) is 3.00. The Bertz CT molecular complexity index is 812. The maximum Gasteiger partial charge on any atom is 0.124 e. The van der Waals surface area contributed by atoms with Crippen LogP contribution in [0.2, 0.25) is 0 Å². The average Bonchev–Trinajstić information content (AvgIpc) is 3.07. The van der Waals surface area contributed by atoms with Gasteiger partial charge in [-0.2, -0.15) is 10.2 Å². The van der Waals surface area contributed by atoms with Gasteiger partial charge in [-0.15, -0.1) is 0 Å². The fourth-order valence-electron chi connectivity index (χ4n) is 2.28. The smallest absolute Gasteiger partial charge is 0.124 e. The molecule has 0 amide bonds. The van der Waals surface area contributed by atoms with E-state index in [9.17, 15) is 4.39 Å². The molecule has 3 rings (SSSR count). The van der Waals surface area contributed by atoms with Gasteiger partial charge < -0.3 is 0 Å². The number of benzene rings is 1. The van der Waals surface area contributed by atoms with Gasteiger partial charge in [0.25, 0.3) is 0 Å². The van der Waals surface area contributed by atoms with Gasteiger partial charge in [-0.3, -0.25) is 4.68 Å². The maximum absolute atomic E-state index is 13.3. The van der Waals surface area contributed by atoms with Crippen molar-refractivity contribution in [1.82, 2.24) is 19.6 Å². The number of hydrogen-bond acceptors (Lipinski definition) is 2. The van der Waals surface area contributed by atoms with Gasteiger partial charge in [0.15, 0.2) is 0 Å². The lowest BCUT2D eigenvalue weighted by Gasteiger charge is -2.09. The molecule has 2 aromatic heterocycles. The van der Waals surface area contributed by atoms with Gasteiger partial charge in [-0.25, -0.2) is 9.07 Å². The Morgan fingerprint density at radius 2 is 2.09 bits per heavy atom. The number of aromatic nitrogens is 4. The minimum absolute atomic E-state index is 0.242. The molecule has 0 saturated heterocycles. The third-order valence-corrected chi connectivity index (χ3v) is 5.16. The van der Waals surface area contributed by atoms with E-state index in [1.54, 1.807) is 12.3 Å². The van der Waals surface area contributed by atoms with Gasteiger partial charge in [-0.05, 0) is 69.7 Å². The quantitative estimate of drug-likeness (QED) is 0.531. The fraction of sp³-hybridized carbons (Fsp3) is 0.200. The number of rotatable bonds is 4. The lowest BCUT2D eigenvalue weighted by atomic mass is 10.2. The molecule has 0 N–H and O–H groups in total. The largest absolute Gasteiger partial charge is 0.258 e. The molecule has 0 saturated carbocycles. The van der Waals surface area contributed by atoms with Crippen molar-refractivity contribution in [1.29, 1.82) is 0 Å². The van der Waals surface area contributed by atoms with Crippen molar-refractivity contribution in [2.75, 3.05) is 0 Å². The van der Waals surface area contributed by atoms with Crippen molar-refractivity contribution in [2.24, 2.45) is 0 Å². The van der Waals surface area contributed by atoms with Crippen molar-refractivity contribution in [2.45, 2.75) is 19.9 Å². The SMILES string of the molecule is CCn1ncc(Cc2ccnn2-c2ccc(F)cc2I)c1Br. The summed E-state index contributed by atoms with van der Waals surface area (Å²) in [4.78, 5) is 0. The molecule has 0 radical (unpaired) electrons. The first-order valence-electron chi connectivity index (χ1n) is 6.78. The van der Waals surface area contributed by atoms with E-state index in [0.717, 1.165) is 31.7 Å². The molecule has 2 heterocycles. The molecule has 0 fully saturated rings. The second-order valence-electron chi connectivity index (χ2n) is 4.78. The number of nitrogens with zero attached hydrogens (tertiary/aromatic N) is 4. The third kappa shape index (κ3) is 2.96. The summed E-state index contributed by atoms with van der Waals surface area (Å²) in [5, 5.41) is 8.71. The molecule has 0 aliphatic rings. The second-order valence-corrected chi connectivity index (χ2v) is 6.70. The summed E-state index contributed by atoms with van der Waals surface area (Å²) in [6.45, 7) is 2.86. The second kappa shape index (κ2) is 6.49. The Morgan fingerprint density at radius 3 is 2.77 bits per heavy atom. The van der Waals surface area contributed by atoms with Gasteiger partial charge >= 0.3 is 0 Å². The highest BCUT2D eigenvalue weighted by Gasteiger charge is 2.13. The fourth-order valence-corrected chi connectivity index (χ4v) is 3.57. The molecular formula is C15H13BrFIN4. The Balaban J connectivity index is 1.97. The van der Waals surface area contributed by atoms with E-state index in [4.69, 9.17) is 0 Å². The van der Waals surface area contributed by atoms with Crippen molar-refractivity contribution in [3.8, 4) is 5.69 Å². The van der Waals surface area contributed by atoms with Crippen LogP contribution in [0, 0.1) is 9.39 Å². The molecule has 1 aromatic carbocycles. The average molecular weight is 475 g/mol. The van der Waals surface area contributed by atoms with E-state index >= 15 is 0 Å². The van der Waals surface area contributed by atoms with Crippen LogP contribution in [0.5, 0.6) is 0 Å². The van der Waals surface area contributed by atoms with Crippen LogP contribution < -0.4 is 0 Å². The Labute approximate surface area is 149 Å². The highest BCUT2D eigenvalue weighted by atomic mass is 127. The highest BCUT2D eigenvalue weighted by molar-refractivity contribution is 14.1. The normalized spacial score (nSPS) is 11.1. The molecule has 22 heavy (non-hydrogen) atoms. The van der Waals surface area contributed by atoms with Gasteiger partial charge in [0.2, 0.25) is 0 Å². The highest BCUT2D eigenvalue weighted by Crippen LogP contribution is 2.23. The maximum atomic E-state index is 13.3. The Kier molecular flexibility index (Phi) is 4.62. The van der Waals surface area contributed by atoms with Crippen molar-refractivity contribution < 1.29 is 4.39 Å². The number of aryl methyl sites for hydroxylation is 1. The van der Waals surface area contributed by atoms with Crippen molar-refractivity contribution >= 4 is 38.5 Å². The van der Waals surface area contributed by atoms with Gasteiger partial charge in [0, 0.05) is 34.0 Å². The predicted octanol–water partition coefficient (Wildman–Crippen LogP) is 4.19. The predicted molar refractivity (Wildman–Crippen MR) is 94.6 cm³/mol. The van der Waals surface area contributed by atoms with E-state index in [1.165, 1.54) is 12.1 Å². The first-order valence-corrected chi connectivity index (χ1v) is 8.66. The monoisotopic (exact) mass is 474 g/mol. The Hall–Kier alpha value is -1.22. The first kappa shape index (κ1) is 15.7. The summed E-state index contributed by atoms with van der Waals surface area (Å²) in [7, 11) is 0. The van der Waals surface area contributed by atoms with Gasteiger partial charge in [0.05, 0.1) is 11.9 Å². The molecule has 3 aromatic rings. The number of hydrogen-bond donors (Lipinski definition) is 0. The van der Waals surface area contributed by atoms with Crippen LogP contribution in [-0.2, 0) is 13.0 Å². The van der Waals surface area contributed by atoms with Gasteiger partial charge in [-0.1, -0.05) is 0 Å². The molecule has 0 aliphatic heterocycles. The standard InChI is InChI=1S/C15H13BrFIN4/c1-2-21-15(16)10(9-20-21)7-12-5-6-19-22(12)14-4-3-11(17)8-13(14)18/h3-6,8-9H,2,7H2,1H3. The molecule has 114 valence electrons. The van der Waals surface area contributed by atoms with E-state index in [2.05, 4.69) is 48.7 Å². The zero-order valence-corrected chi connectivity index (χ0v) is 15.5. The van der Waals surface area contributed by atoms with Crippen LogP contribution in [0.1, 0.15) is 18.2 Å². The van der Waals surface area contributed by atoms with Crippen molar-refractivity contribution in [3.63, 3.8) is 0 Å². The van der Waals surface area contributed by atoms with Crippen LogP contribution in [0.25, 0.3) is 5.69 Å². The third-order valence-electron chi connectivity index (χ3n) is 3.37. The van der Waals surface area contributed by atoms with Crippen molar-refractivity contribution in [3.05, 3.63) is 61.9 Å². The van der Waals surface area contributed by atoms with Crippen LogP contribution in [0.4, 0.5) is 4.39 Å². The lowest BCUT2D eigenvalue weighted by molar-refractivity contribution is 0.625. The first-order chi connectivity index (χ1) is 10.6. The minimum Gasteiger partial charge on any atom is -0.258 e. The van der Waals surface area contributed by atoms with Crippen LogP contribution in [0.15, 0.2) is 41.3 Å². The summed E-state index contributed by atoms with van der Waals surface area (Å²) in [6, 6.07) is 6.67. The summed E-state index contributed by atoms with van der Waals surface area (Å²) >= 11 is 5.71. The molecular weight excluding hydrogens is 462 g/mol. The van der Waals surface area contributed by atoms with E-state index in [1.807, 2.05) is 28.6 Å². The molecule has 0 unspecified atom stereocenters. The zero-order chi connectivity index (χ0) is 15.7. The molecule has 4 nitrogen and oxygen atoms in total. The van der Waals surface area contributed by atoms with E-state index in [0.29, 0.717) is 6.42 Å². The summed E-state index contributed by atoms with van der Waals surface area (Å²) in [6.07, 6.45) is 4.32. The molecule has 0 atom stereocenters. The minimum atomic E-state index is -0.242. The Morgan fingerprint density at radius 1 is 1.27 bits per heavy atom. The van der Waals surface area contributed by atoms with Crippen LogP contribution in [-0.4, -0.2) is 19.6 Å². The van der Waals surface area contributed by atoms with Crippen LogP contribution >= 0.6 is 38.5 Å². The van der Waals surface area contributed by atoms with E-state index in [-0.39, 0.29) is 5.82 Å². The molecule has 0 spiro atoms. The summed E-state index contributed by atoms with van der Waals surface area (Å²) < 4.78 is 18.8. The molecule has 0 bridgehead atoms. The zero-order valence-electron chi connectivity index (χ0n) is 11.8. The lowest BCUT2D eigenvalue weighted by Crippen LogP contribution is -2.05. The van der Waals surface area contributed by atoms with Gasteiger partial charge in [0.1, 0.15) is 10.4 Å². The van der Waals surface area contributed by atoms with Crippen LogP contribution in [0.3, 0.4) is 0 Å². The molecule has 0 aliphatic carbocycles.